The molecule has 0 spiro atoms. The lowest BCUT2D eigenvalue weighted by molar-refractivity contribution is -0.124. The molecule has 2 heterocycles. The monoisotopic (exact) mass is 325 g/mol. The Bertz CT molecular complexity index is 455. The van der Waals surface area contributed by atoms with E-state index in [4.69, 9.17) is 9.15 Å². The first-order valence-corrected chi connectivity index (χ1v) is 8.89. The van der Waals surface area contributed by atoms with Crippen LogP contribution in [0.4, 0.5) is 0 Å². The zero-order chi connectivity index (χ0) is 15.6. The summed E-state index contributed by atoms with van der Waals surface area (Å²) in [5.74, 6) is 1.80. The molecule has 0 aromatic carbocycles. The van der Waals surface area contributed by atoms with Crippen LogP contribution in [0, 0.1) is 0 Å². The Hall–Kier alpha value is -1.27. The van der Waals surface area contributed by atoms with Gasteiger partial charge in [-0.25, -0.2) is 0 Å². The number of ether oxygens (including phenoxy) is 1. The highest BCUT2D eigenvalue weighted by Crippen LogP contribution is 2.17. The van der Waals surface area contributed by atoms with Crippen molar-refractivity contribution in [2.45, 2.75) is 44.0 Å². The van der Waals surface area contributed by atoms with Crippen LogP contribution in [0.3, 0.4) is 0 Å². The van der Waals surface area contributed by atoms with Crippen LogP contribution in [-0.4, -0.2) is 36.7 Å². The SMILES string of the molecule is O=C(CCC1CCCCO1)CNC(=O)CSCc1ccco1. The predicted molar refractivity (Wildman–Crippen MR) is 85.7 cm³/mol. The third-order valence-electron chi connectivity index (χ3n) is 3.56. The first kappa shape index (κ1) is 17.1. The van der Waals surface area contributed by atoms with Crippen LogP contribution in [-0.2, 0) is 20.1 Å². The molecule has 0 saturated carbocycles. The topological polar surface area (TPSA) is 68.5 Å². The Morgan fingerprint density at radius 1 is 1.36 bits per heavy atom. The lowest BCUT2D eigenvalue weighted by atomic mass is 10.0. The average Bonchev–Trinajstić information content (AvgIpc) is 3.05. The molecule has 1 aliphatic heterocycles. The molecule has 22 heavy (non-hydrogen) atoms. The molecular weight excluding hydrogens is 302 g/mol. The van der Waals surface area contributed by atoms with E-state index in [0.29, 0.717) is 17.9 Å². The summed E-state index contributed by atoms with van der Waals surface area (Å²) in [6.45, 7) is 0.926. The van der Waals surface area contributed by atoms with Gasteiger partial charge in [0.1, 0.15) is 5.76 Å². The molecular formula is C16H23NO4S. The van der Waals surface area contributed by atoms with Crippen molar-refractivity contribution in [3.8, 4) is 0 Å². The van der Waals surface area contributed by atoms with E-state index in [-0.39, 0.29) is 24.3 Å². The first-order valence-electron chi connectivity index (χ1n) is 7.74. The van der Waals surface area contributed by atoms with Crippen molar-refractivity contribution in [3.05, 3.63) is 24.2 Å². The fraction of sp³-hybridized carbons (Fsp3) is 0.625. The van der Waals surface area contributed by atoms with E-state index in [2.05, 4.69) is 5.32 Å². The standard InChI is InChI=1S/C16H23NO4S/c18-13(6-7-14-4-1-2-8-20-14)10-17-16(19)12-22-11-15-5-3-9-21-15/h3,5,9,14H,1-2,4,6-8,10-12H2,(H,17,19). The van der Waals surface area contributed by atoms with Gasteiger partial charge in [0.2, 0.25) is 5.91 Å². The van der Waals surface area contributed by atoms with Gasteiger partial charge in [0.15, 0.2) is 5.78 Å². The summed E-state index contributed by atoms with van der Waals surface area (Å²) >= 11 is 1.47. The number of hydrogen-bond donors (Lipinski definition) is 1. The van der Waals surface area contributed by atoms with Gasteiger partial charge in [0.05, 0.1) is 30.4 Å². The largest absolute Gasteiger partial charge is 0.468 e. The van der Waals surface area contributed by atoms with Gasteiger partial charge >= 0.3 is 0 Å². The zero-order valence-electron chi connectivity index (χ0n) is 12.7. The molecule has 1 unspecified atom stereocenters. The van der Waals surface area contributed by atoms with Crippen LogP contribution < -0.4 is 5.32 Å². The number of hydrogen-bond acceptors (Lipinski definition) is 5. The van der Waals surface area contributed by atoms with Crippen LogP contribution in [0.5, 0.6) is 0 Å². The molecule has 1 aromatic rings. The Morgan fingerprint density at radius 2 is 2.27 bits per heavy atom. The number of carbonyl (C=O) groups is 2. The first-order chi connectivity index (χ1) is 10.7. The van der Waals surface area contributed by atoms with Crippen molar-refractivity contribution in [1.82, 2.24) is 5.32 Å². The summed E-state index contributed by atoms with van der Waals surface area (Å²) in [6.07, 6.45) is 6.43. The molecule has 5 nitrogen and oxygen atoms in total. The van der Waals surface area contributed by atoms with Crippen molar-refractivity contribution < 1.29 is 18.7 Å². The maximum absolute atomic E-state index is 11.8. The van der Waals surface area contributed by atoms with E-state index < -0.39 is 0 Å². The van der Waals surface area contributed by atoms with Gasteiger partial charge < -0.3 is 14.5 Å². The second-order valence-corrected chi connectivity index (χ2v) is 6.40. The molecule has 1 atom stereocenters. The molecule has 1 fully saturated rings. The van der Waals surface area contributed by atoms with Gasteiger partial charge in [0.25, 0.3) is 0 Å². The van der Waals surface area contributed by atoms with Crippen LogP contribution in [0.25, 0.3) is 0 Å². The van der Waals surface area contributed by atoms with Crippen LogP contribution >= 0.6 is 11.8 Å². The number of carbonyl (C=O) groups excluding carboxylic acids is 2. The zero-order valence-corrected chi connectivity index (χ0v) is 13.5. The number of rotatable bonds is 9. The minimum Gasteiger partial charge on any atom is -0.468 e. The lowest BCUT2D eigenvalue weighted by Gasteiger charge is -2.22. The van der Waals surface area contributed by atoms with Crippen LogP contribution in [0.1, 0.15) is 37.9 Å². The Labute approximate surface area is 135 Å². The number of ketones is 1. The van der Waals surface area contributed by atoms with Gasteiger partial charge in [-0.1, -0.05) is 0 Å². The van der Waals surface area contributed by atoms with E-state index in [0.717, 1.165) is 31.6 Å². The molecule has 0 radical (unpaired) electrons. The fourth-order valence-corrected chi connectivity index (χ4v) is 3.09. The van der Waals surface area contributed by atoms with Gasteiger partial charge in [-0.2, -0.15) is 0 Å². The summed E-state index contributed by atoms with van der Waals surface area (Å²) in [4.78, 5) is 23.4. The summed E-state index contributed by atoms with van der Waals surface area (Å²) in [6, 6.07) is 3.70. The van der Waals surface area contributed by atoms with Gasteiger partial charge in [-0.15, -0.1) is 11.8 Å². The Morgan fingerprint density at radius 3 is 3.00 bits per heavy atom. The molecule has 1 saturated heterocycles. The van der Waals surface area contributed by atoms with Crippen molar-refractivity contribution in [3.63, 3.8) is 0 Å². The maximum atomic E-state index is 11.8. The van der Waals surface area contributed by atoms with Gasteiger partial charge in [-0.05, 0) is 37.8 Å². The molecule has 0 aliphatic carbocycles. The highest BCUT2D eigenvalue weighted by Gasteiger charge is 2.15. The normalized spacial score (nSPS) is 18.1. The minimum atomic E-state index is -0.112. The summed E-state index contributed by atoms with van der Waals surface area (Å²) in [5.41, 5.74) is 0. The van der Waals surface area contributed by atoms with E-state index in [1.807, 2.05) is 12.1 Å². The number of amides is 1. The summed E-state index contributed by atoms with van der Waals surface area (Å²) < 4.78 is 10.8. The van der Waals surface area contributed by atoms with E-state index in [1.54, 1.807) is 6.26 Å². The third kappa shape index (κ3) is 6.66. The smallest absolute Gasteiger partial charge is 0.230 e. The number of furan rings is 1. The predicted octanol–water partition coefficient (Wildman–Crippen LogP) is 2.55. The molecule has 1 N–H and O–H groups in total. The average molecular weight is 325 g/mol. The van der Waals surface area contributed by atoms with E-state index in [9.17, 15) is 9.59 Å². The van der Waals surface area contributed by atoms with Gasteiger partial charge in [-0.3, -0.25) is 9.59 Å². The number of Topliss-reactive ketones (excluding diaryl/α,β-unsaturated/α-hetero) is 1. The lowest BCUT2D eigenvalue weighted by Crippen LogP contribution is -2.31. The van der Waals surface area contributed by atoms with E-state index >= 15 is 0 Å². The molecule has 1 aromatic heterocycles. The maximum Gasteiger partial charge on any atom is 0.230 e. The Kier molecular flexibility index (Phi) is 7.53. The number of nitrogens with one attached hydrogen (secondary N) is 1. The highest BCUT2D eigenvalue weighted by atomic mass is 32.2. The molecule has 122 valence electrons. The minimum absolute atomic E-state index is 0.0681. The van der Waals surface area contributed by atoms with Crippen molar-refractivity contribution >= 4 is 23.5 Å². The van der Waals surface area contributed by atoms with Crippen molar-refractivity contribution in [2.24, 2.45) is 0 Å². The van der Waals surface area contributed by atoms with Crippen LogP contribution in [0.2, 0.25) is 0 Å². The third-order valence-corrected chi connectivity index (χ3v) is 4.51. The Balaban J connectivity index is 1.50. The van der Waals surface area contributed by atoms with Gasteiger partial charge in [0, 0.05) is 13.0 Å². The summed E-state index contributed by atoms with van der Waals surface area (Å²) in [5, 5.41) is 2.67. The van der Waals surface area contributed by atoms with E-state index in [1.165, 1.54) is 18.2 Å². The molecule has 6 heteroatoms. The van der Waals surface area contributed by atoms with Crippen molar-refractivity contribution in [1.29, 1.82) is 0 Å². The van der Waals surface area contributed by atoms with Crippen molar-refractivity contribution in [2.75, 3.05) is 18.9 Å². The fourth-order valence-electron chi connectivity index (χ4n) is 2.33. The highest BCUT2D eigenvalue weighted by molar-refractivity contribution is 7.99. The van der Waals surface area contributed by atoms with Crippen LogP contribution in [0.15, 0.2) is 22.8 Å². The molecule has 0 bridgehead atoms. The summed E-state index contributed by atoms with van der Waals surface area (Å²) in [7, 11) is 0. The second kappa shape index (κ2) is 9.69. The second-order valence-electron chi connectivity index (χ2n) is 5.41. The molecule has 1 aliphatic rings. The molecule has 1 amide bonds. The molecule has 2 rings (SSSR count). The number of thioether (sulfide) groups is 1. The quantitative estimate of drug-likeness (QED) is 0.755.